The highest BCUT2D eigenvalue weighted by Crippen LogP contribution is 2.28. The van der Waals surface area contributed by atoms with Crippen LogP contribution in [0.4, 0.5) is 0 Å². The van der Waals surface area contributed by atoms with Gasteiger partial charge in [0.2, 0.25) is 0 Å². The fourth-order valence-electron chi connectivity index (χ4n) is 2.57. The van der Waals surface area contributed by atoms with Crippen LogP contribution in [0.25, 0.3) is 11.3 Å². The Labute approximate surface area is 149 Å². The maximum absolute atomic E-state index is 12.7. The van der Waals surface area contributed by atoms with E-state index in [2.05, 4.69) is 15.0 Å². The van der Waals surface area contributed by atoms with Crippen molar-refractivity contribution in [3.05, 3.63) is 34.1 Å². The van der Waals surface area contributed by atoms with E-state index in [1.165, 1.54) is 16.3 Å². The Hall–Kier alpha value is -2.24. The Morgan fingerprint density at radius 2 is 2.08 bits per heavy atom. The van der Waals surface area contributed by atoms with Gasteiger partial charge in [0.1, 0.15) is 17.5 Å². The van der Waals surface area contributed by atoms with Crippen LogP contribution in [0.2, 0.25) is 0 Å². The Kier molecular flexibility index (Phi) is 4.62. The lowest BCUT2D eigenvalue weighted by Gasteiger charge is -2.24. The molecule has 0 radical (unpaired) electrons. The van der Waals surface area contributed by atoms with E-state index in [4.69, 9.17) is 0 Å². The number of nitrogens with zero attached hydrogens (tertiary/aromatic N) is 5. The van der Waals surface area contributed by atoms with Gasteiger partial charge in [0.25, 0.3) is 5.56 Å². The van der Waals surface area contributed by atoms with Crippen molar-refractivity contribution in [1.29, 1.82) is 5.26 Å². The van der Waals surface area contributed by atoms with E-state index in [0.717, 1.165) is 0 Å². The molecule has 1 atom stereocenters. The number of hydrogen-bond acceptors (Lipinski definition) is 7. The highest BCUT2D eigenvalue weighted by Gasteiger charge is 2.25. The summed E-state index contributed by atoms with van der Waals surface area (Å²) in [5, 5.41) is 19.4. The zero-order chi connectivity index (χ0) is 18.2. The van der Waals surface area contributed by atoms with Gasteiger partial charge in [-0.2, -0.15) is 5.26 Å². The largest absolute Gasteiger partial charge is 0.396 e. The summed E-state index contributed by atoms with van der Waals surface area (Å²) in [4.78, 5) is 25.9. The maximum atomic E-state index is 12.7. The number of rotatable bonds is 2. The minimum atomic E-state index is -0.381. The van der Waals surface area contributed by atoms with Crippen LogP contribution < -0.4 is 5.56 Å². The lowest BCUT2D eigenvalue weighted by Crippen LogP contribution is -2.34. The molecule has 0 saturated heterocycles. The summed E-state index contributed by atoms with van der Waals surface area (Å²) in [7, 11) is 0. The first-order valence-corrected chi connectivity index (χ1v) is 8.95. The summed E-state index contributed by atoms with van der Waals surface area (Å²) in [5.74, 6) is 1.36. The number of nitriles is 1. The van der Waals surface area contributed by atoms with E-state index in [0.29, 0.717) is 34.5 Å². The van der Waals surface area contributed by atoms with E-state index in [-0.39, 0.29) is 29.1 Å². The van der Waals surface area contributed by atoms with E-state index >= 15 is 0 Å². The molecule has 3 rings (SSSR count). The van der Waals surface area contributed by atoms with Gasteiger partial charge in [-0.1, -0.05) is 32.5 Å². The monoisotopic (exact) mass is 357 g/mol. The van der Waals surface area contributed by atoms with E-state index in [1.54, 1.807) is 12.4 Å². The topological polar surface area (TPSA) is 105 Å². The summed E-state index contributed by atoms with van der Waals surface area (Å²) >= 11 is 1.41. The van der Waals surface area contributed by atoms with Crippen molar-refractivity contribution in [2.45, 2.75) is 37.9 Å². The molecule has 1 unspecified atom stereocenters. The molecule has 3 heterocycles. The van der Waals surface area contributed by atoms with Gasteiger partial charge in [-0.3, -0.25) is 9.36 Å². The van der Waals surface area contributed by atoms with E-state index in [1.807, 2.05) is 26.8 Å². The summed E-state index contributed by atoms with van der Waals surface area (Å²) in [6.07, 6.45) is 3.22. The third-order valence-corrected chi connectivity index (χ3v) is 5.20. The Morgan fingerprint density at radius 3 is 2.64 bits per heavy atom. The molecule has 0 aliphatic carbocycles. The van der Waals surface area contributed by atoms with Gasteiger partial charge < -0.3 is 5.11 Å². The van der Waals surface area contributed by atoms with Crippen LogP contribution in [0.5, 0.6) is 0 Å². The molecule has 1 N–H and O–H groups in total. The average molecular weight is 357 g/mol. The van der Waals surface area contributed by atoms with Crippen LogP contribution in [0.15, 0.2) is 22.3 Å². The van der Waals surface area contributed by atoms with Gasteiger partial charge in [-0.25, -0.2) is 15.0 Å². The standard InChI is InChI=1S/C17H19N5O2S/c1-17(2,3)15-19-5-11(6-20-15)13-12(4-18)14(24)22-7-10(8-23)9-25-16(22)21-13/h5-6,10,23H,7-9H2,1-3H3. The van der Waals surface area contributed by atoms with Crippen molar-refractivity contribution in [2.75, 3.05) is 12.4 Å². The highest BCUT2D eigenvalue weighted by molar-refractivity contribution is 7.99. The molecule has 0 saturated carbocycles. The van der Waals surface area contributed by atoms with E-state index in [9.17, 15) is 15.2 Å². The Bertz CT molecular complexity index is 893. The summed E-state index contributed by atoms with van der Waals surface area (Å²) in [6.45, 7) is 6.42. The molecule has 8 heteroatoms. The molecule has 2 aromatic heterocycles. The smallest absolute Gasteiger partial charge is 0.272 e. The fraction of sp³-hybridized carbons (Fsp3) is 0.471. The van der Waals surface area contributed by atoms with Crippen molar-refractivity contribution in [1.82, 2.24) is 19.5 Å². The second kappa shape index (κ2) is 6.58. The zero-order valence-electron chi connectivity index (χ0n) is 14.4. The van der Waals surface area contributed by atoms with E-state index < -0.39 is 0 Å². The lowest BCUT2D eigenvalue weighted by atomic mass is 9.95. The van der Waals surface area contributed by atoms with Gasteiger partial charge >= 0.3 is 0 Å². The number of fused-ring (bicyclic) bond motifs is 1. The van der Waals surface area contributed by atoms with Crippen LogP contribution in [-0.4, -0.2) is 37.0 Å². The Balaban J connectivity index is 2.10. The normalized spacial score (nSPS) is 17.0. The number of aromatic nitrogens is 4. The summed E-state index contributed by atoms with van der Waals surface area (Å²) in [6, 6.07) is 1.97. The summed E-state index contributed by atoms with van der Waals surface area (Å²) < 4.78 is 1.47. The molecule has 0 amide bonds. The SMILES string of the molecule is CC(C)(C)c1ncc(-c2nc3n(c(=O)c2C#N)CC(CO)CS3)cn1. The molecule has 130 valence electrons. The lowest BCUT2D eigenvalue weighted by molar-refractivity contribution is 0.217. The first-order chi connectivity index (χ1) is 11.8. The van der Waals surface area contributed by atoms with Crippen LogP contribution in [-0.2, 0) is 12.0 Å². The summed E-state index contributed by atoms with van der Waals surface area (Å²) in [5.41, 5.74) is 0.279. The first-order valence-electron chi connectivity index (χ1n) is 7.96. The number of aliphatic hydroxyl groups is 1. The van der Waals surface area contributed by atoms with Crippen molar-refractivity contribution in [3.63, 3.8) is 0 Å². The highest BCUT2D eigenvalue weighted by atomic mass is 32.2. The molecule has 1 aliphatic rings. The van der Waals surface area contributed by atoms with Crippen molar-refractivity contribution in [2.24, 2.45) is 5.92 Å². The minimum absolute atomic E-state index is 0.00459. The van der Waals surface area contributed by atoms with Crippen LogP contribution in [0.1, 0.15) is 32.2 Å². The van der Waals surface area contributed by atoms with Gasteiger partial charge in [0.05, 0.1) is 5.69 Å². The van der Waals surface area contributed by atoms with Gasteiger partial charge in [-0.05, 0) is 0 Å². The molecular weight excluding hydrogens is 338 g/mol. The molecule has 2 aromatic rings. The third kappa shape index (κ3) is 3.30. The van der Waals surface area contributed by atoms with Gasteiger partial charge in [0, 0.05) is 48.2 Å². The number of hydrogen-bond donors (Lipinski definition) is 1. The maximum Gasteiger partial charge on any atom is 0.272 e. The van der Waals surface area contributed by atoms with Crippen LogP contribution in [0.3, 0.4) is 0 Å². The third-order valence-electron chi connectivity index (χ3n) is 3.99. The van der Waals surface area contributed by atoms with Crippen molar-refractivity contribution in [3.8, 4) is 17.3 Å². The first kappa shape index (κ1) is 17.6. The minimum Gasteiger partial charge on any atom is -0.396 e. The fourth-order valence-corrected chi connectivity index (χ4v) is 3.63. The Morgan fingerprint density at radius 1 is 1.40 bits per heavy atom. The predicted octanol–water partition coefficient (Wildman–Crippen LogP) is 1.58. The van der Waals surface area contributed by atoms with Gasteiger partial charge in [-0.15, -0.1) is 0 Å². The van der Waals surface area contributed by atoms with Crippen molar-refractivity contribution < 1.29 is 5.11 Å². The molecule has 0 bridgehead atoms. The van der Waals surface area contributed by atoms with Gasteiger partial charge in [0.15, 0.2) is 5.16 Å². The molecule has 25 heavy (non-hydrogen) atoms. The molecule has 7 nitrogen and oxygen atoms in total. The second-order valence-electron chi connectivity index (χ2n) is 7.05. The molecule has 0 spiro atoms. The van der Waals surface area contributed by atoms with Crippen molar-refractivity contribution >= 4 is 11.8 Å². The molecule has 1 aliphatic heterocycles. The zero-order valence-corrected chi connectivity index (χ0v) is 15.2. The average Bonchev–Trinajstić information content (AvgIpc) is 2.60. The number of thioether (sulfide) groups is 1. The predicted molar refractivity (Wildman–Crippen MR) is 94.2 cm³/mol. The molecular formula is C17H19N5O2S. The molecule has 0 aromatic carbocycles. The second-order valence-corrected chi connectivity index (χ2v) is 8.04. The van der Waals surface area contributed by atoms with Crippen LogP contribution in [0, 0.1) is 17.2 Å². The molecule has 0 fully saturated rings. The number of aliphatic hydroxyl groups excluding tert-OH is 1. The van der Waals surface area contributed by atoms with Crippen LogP contribution >= 0.6 is 11.8 Å². The quantitative estimate of drug-likeness (QED) is 0.814.